The molecule has 0 bridgehead atoms. The van der Waals surface area contributed by atoms with Gasteiger partial charge in [0.2, 0.25) is 5.91 Å². The topological polar surface area (TPSA) is 53.8 Å². The molecule has 0 atom stereocenters. The number of piperazine rings is 1. The molecule has 4 rings (SSSR count). The number of carbonyl (C=O) groups is 2. The number of benzene rings is 2. The van der Waals surface area contributed by atoms with Gasteiger partial charge < -0.3 is 14.2 Å². The van der Waals surface area contributed by atoms with Crippen LogP contribution in [0.2, 0.25) is 0 Å². The van der Waals surface area contributed by atoms with Crippen molar-refractivity contribution in [2.24, 2.45) is 5.92 Å². The van der Waals surface area contributed by atoms with Crippen LogP contribution in [-0.2, 0) is 4.79 Å². The Morgan fingerprint density at radius 3 is 2.30 bits per heavy atom. The van der Waals surface area contributed by atoms with Gasteiger partial charge in [-0.1, -0.05) is 50.2 Å². The molecule has 27 heavy (non-hydrogen) atoms. The van der Waals surface area contributed by atoms with Crippen LogP contribution in [0.15, 0.2) is 40.8 Å². The second kappa shape index (κ2) is 6.72. The van der Waals surface area contributed by atoms with Crippen LogP contribution in [0.4, 0.5) is 0 Å². The van der Waals surface area contributed by atoms with E-state index in [1.165, 1.54) is 0 Å². The van der Waals surface area contributed by atoms with Crippen LogP contribution in [0.25, 0.3) is 21.7 Å². The van der Waals surface area contributed by atoms with E-state index in [1.54, 1.807) is 4.90 Å². The highest BCUT2D eigenvalue weighted by Crippen LogP contribution is 2.32. The van der Waals surface area contributed by atoms with Gasteiger partial charge in [-0.3, -0.25) is 9.59 Å². The van der Waals surface area contributed by atoms with Crippen LogP contribution >= 0.6 is 0 Å². The molecule has 1 aliphatic rings. The number of carbonyl (C=O) groups excluding carboxylic acids is 2. The molecule has 0 radical (unpaired) electrons. The van der Waals surface area contributed by atoms with Gasteiger partial charge in [0.05, 0.1) is 0 Å². The van der Waals surface area contributed by atoms with Gasteiger partial charge in [0, 0.05) is 48.4 Å². The van der Waals surface area contributed by atoms with Gasteiger partial charge in [0.15, 0.2) is 5.76 Å². The second-order valence-corrected chi connectivity index (χ2v) is 7.49. The third-order valence-corrected chi connectivity index (χ3v) is 5.40. The third kappa shape index (κ3) is 2.97. The van der Waals surface area contributed by atoms with Gasteiger partial charge in [0.25, 0.3) is 5.91 Å². The lowest BCUT2D eigenvalue weighted by Gasteiger charge is -2.35. The predicted molar refractivity (Wildman–Crippen MR) is 106 cm³/mol. The molecule has 0 aliphatic carbocycles. The molecule has 0 saturated carbocycles. The zero-order chi connectivity index (χ0) is 19.1. The average Bonchev–Trinajstić information content (AvgIpc) is 3.04. The van der Waals surface area contributed by atoms with Crippen LogP contribution in [0.3, 0.4) is 0 Å². The molecule has 0 spiro atoms. The van der Waals surface area contributed by atoms with Crippen molar-refractivity contribution < 1.29 is 14.0 Å². The Labute approximate surface area is 158 Å². The molecule has 0 N–H and O–H groups in total. The number of rotatable bonds is 2. The highest BCUT2D eigenvalue weighted by atomic mass is 16.3. The van der Waals surface area contributed by atoms with Crippen molar-refractivity contribution >= 4 is 33.6 Å². The first-order valence-corrected chi connectivity index (χ1v) is 9.46. The Bertz CT molecular complexity index is 1030. The van der Waals surface area contributed by atoms with E-state index in [4.69, 9.17) is 4.42 Å². The van der Waals surface area contributed by atoms with Crippen molar-refractivity contribution in [1.82, 2.24) is 9.80 Å². The summed E-state index contributed by atoms with van der Waals surface area (Å²) in [6.45, 7) is 7.97. The Kier molecular flexibility index (Phi) is 4.38. The van der Waals surface area contributed by atoms with Crippen LogP contribution in [0, 0.1) is 12.8 Å². The number of furan rings is 1. The summed E-state index contributed by atoms with van der Waals surface area (Å²) in [5.41, 5.74) is 1.64. The quantitative estimate of drug-likeness (QED) is 0.694. The maximum absolute atomic E-state index is 13.1. The first-order chi connectivity index (χ1) is 13.0. The molecule has 1 fully saturated rings. The minimum absolute atomic E-state index is 0.0156. The lowest BCUT2D eigenvalue weighted by Crippen LogP contribution is -2.51. The lowest BCUT2D eigenvalue weighted by molar-refractivity contribution is -0.135. The molecule has 1 aliphatic heterocycles. The summed E-state index contributed by atoms with van der Waals surface area (Å²) in [5, 5.41) is 3.09. The number of hydrogen-bond acceptors (Lipinski definition) is 3. The van der Waals surface area contributed by atoms with E-state index in [1.807, 2.05) is 56.0 Å². The molecule has 1 aromatic heterocycles. The zero-order valence-corrected chi connectivity index (χ0v) is 16.0. The highest BCUT2D eigenvalue weighted by Gasteiger charge is 2.29. The molecule has 2 aromatic carbocycles. The summed E-state index contributed by atoms with van der Waals surface area (Å²) in [6, 6.07) is 12.1. The number of fused-ring (bicyclic) bond motifs is 3. The number of amides is 2. The van der Waals surface area contributed by atoms with Crippen LogP contribution in [0.5, 0.6) is 0 Å². The molecule has 1 saturated heterocycles. The van der Waals surface area contributed by atoms with Crippen LogP contribution < -0.4 is 0 Å². The minimum Gasteiger partial charge on any atom is -0.450 e. The summed E-state index contributed by atoms with van der Waals surface area (Å²) >= 11 is 0. The third-order valence-electron chi connectivity index (χ3n) is 5.40. The maximum atomic E-state index is 13.1. The molecule has 3 aromatic rings. The number of nitrogens with zero attached hydrogens (tertiary/aromatic N) is 2. The van der Waals surface area contributed by atoms with Gasteiger partial charge in [-0.15, -0.1) is 0 Å². The smallest absolute Gasteiger partial charge is 0.290 e. The number of aryl methyl sites for hydroxylation is 1. The SMILES string of the molecule is Cc1c(C(=O)N2CCN(C(=O)C(C)C)CC2)oc2c1ccc1ccccc12. The molecule has 5 nitrogen and oxygen atoms in total. The van der Waals surface area contributed by atoms with Crippen LogP contribution in [-0.4, -0.2) is 47.8 Å². The minimum atomic E-state index is -0.0931. The van der Waals surface area contributed by atoms with Gasteiger partial charge in [-0.2, -0.15) is 0 Å². The summed E-state index contributed by atoms with van der Waals surface area (Å²) in [7, 11) is 0. The molecule has 2 heterocycles. The largest absolute Gasteiger partial charge is 0.450 e. The zero-order valence-electron chi connectivity index (χ0n) is 16.0. The summed E-state index contributed by atoms with van der Waals surface area (Å²) < 4.78 is 6.07. The first-order valence-electron chi connectivity index (χ1n) is 9.46. The fraction of sp³-hybridized carbons (Fsp3) is 0.364. The van der Waals surface area contributed by atoms with E-state index in [0.29, 0.717) is 31.9 Å². The summed E-state index contributed by atoms with van der Waals surface area (Å²) in [4.78, 5) is 28.8. The molecule has 0 unspecified atom stereocenters. The van der Waals surface area contributed by atoms with Gasteiger partial charge >= 0.3 is 0 Å². The van der Waals surface area contributed by atoms with Crippen molar-refractivity contribution in [3.8, 4) is 0 Å². The van der Waals surface area contributed by atoms with E-state index < -0.39 is 0 Å². The Hall–Kier alpha value is -2.82. The first kappa shape index (κ1) is 17.6. The van der Waals surface area contributed by atoms with Crippen molar-refractivity contribution in [1.29, 1.82) is 0 Å². The van der Waals surface area contributed by atoms with E-state index >= 15 is 0 Å². The lowest BCUT2D eigenvalue weighted by atomic mass is 10.1. The normalized spacial score (nSPS) is 15.1. The van der Waals surface area contributed by atoms with Crippen molar-refractivity contribution in [2.45, 2.75) is 20.8 Å². The molecular formula is C22H24N2O3. The van der Waals surface area contributed by atoms with Gasteiger partial charge in [0.1, 0.15) is 5.58 Å². The Morgan fingerprint density at radius 2 is 1.59 bits per heavy atom. The van der Waals surface area contributed by atoms with E-state index in [-0.39, 0.29) is 17.7 Å². The van der Waals surface area contributed by atoms with Gasteiger partial charge in [-0.05, 0) is 12.3 Å². The summed E-state index contributed by atoms with van der Waals surface area (Å²) in [5.74, 6) is 0.445. The van der Waals surface area contributed by atoms with Crippen molar-refractivity contribution in [3.05, 3.63) is 47.7 Å². The fourth-order valence-corrected chi connectivity index (χ4v) is 3.79. The Balaban J connectivity index is 1.61. The van der Waals surface area contributed by atoms with Crippen molar-refractivity contribution in [3.63, 3.8) is 0 Å². The fourth-order valence-electron chi connectivity index (χ4n) is 3.79. The monoisotopic (exact) mass is 364 g/mol. The Morgan fingerprint density at radius 1 is 0.926 bits per heavy atom. The number of hydrogen-bond donors (Lipinski definition) is 0. The molecular weight excluding hydrogens is 340 g/mol. The predicted octanol–water partition coefficient (Wildman–Crippen LogP) is 3.83. The molecule has 5 heteroatoms. The van der Waals surface area contributed by atoms with Crippen molar-refractivity contribution in [2.75, 3.05) is 26.2 Å². The van der Waals surface area contributed by atoms with E-state index in [2.05, 4.69) is 6.07 Å². The summed E-state index contributed by atoms with van der Waals surface area (Å²) in [6.07, 6.45) is 0. The van der Waals surface area contributed by atoms with Crippen LogP contribution in [0.1, 0.15) is 30.0 Å². The second-order valence-electron chi connectivity index (χ2n) is 7.49. The standard InChI is InChI=1S/C22H24N2O3/c1-14(2)21(25)23-10-12-24(13-11-23)22(26)19-15(3)17-9-8-16-6-4-5-7-18(16)20(17)27-19/h4-9,14H,10-13H2,1-3H3. The van der Waals surface area contributed by atoms with Gasteiger partial charge in [-0.25, -0.2) is 0 Å². The average molecular weight is 364 g/mol. The van der Waals surface area contributed by atoms with E-state index in [9.17, 15) is 9.59 Å². The highest BCUT2D eigenvalue weighted by molar-refractivity contribution is 6.08. The molecule has 140 valence electrons. The maximum Gasteiger partial charge on any atom is 0.290 e. The van der Waals surface area contributed by atoms with E-state index in [0.717, 1.165) is 27.3 Å². The molecule has 2 amide bonds.